The molecule has 1 heterocycles. The fourth-order valence-corrected chi connectivity index (χ4v) is 2.98. The average Bonchev–Trinajstić information content (AvgIpc) is 2.66. The number of hydrogen-bond donors (Lipinski definition) is 1. The molecule has 0 aromatic heterocycles. The number of amides is 2. The lowest BCUT2D eigenvalue weighted by Gasteiger charge is -2.29. The third kappa shape index (κ3) is 3.68. The first-order valence-electron chi connectivity index (χ1n) is 8.14. The first-order valence-corrected chi connectivity index (χ1v) is 8.55. The van der Waals surface area contributed by atoms with Gasteiger partial charge in [-0.15, -0.1) is 0 Å². The van der Waals surface area contributed by atoms with Gasteiger partial charge in [0.15, 0.2) is 16.6 Å². The van der Waals surface area contributed by atoms with Crippen molar-refractivity contribution in [2.45, 2.75) is 6.92 Å². The van der Waals surface area contributed by atoms with E-state index in [9.17, 15) is 9.59 Å². The normalized spacial score (nSPS) is 15.7. The molecule has 1 saturated heterocycles. The Labute approximate surface area is 162 Å². The Morgan fingerprint density at radius 1 is 1.00 bits per heavy atom. The van der Waals surface area contributed by atoms with E-state index in [0.717, 1.165) is 5.56 Å². The topological polar surface area (TPSA) is 67.9 Å². The van der Waals surface area contributed by atoms with Crippen molar-refractivity contribution in [3.8, 4) is 11.5 Å². The maximum atomic E-state index is 13.0. The molecule has 138 valence electrons. The summed E-state index contributed by atoms with van der Waals surface area (Å²) in [5.41, 5.74) is 2.26. The zero-order chi connectivity index (χ0) is 19.6. The number of ether oxygens (including phenoxy) is 2. The number of anilines is 1. The molecule has 0 saturated carbocycles. The number of hydrogen-bond acceptors (Lipinski definition) is 5. The fraction of sp³-hybridized carbons (Fsp3) is 0.150. The van der Waals surface area contributed by atoms with Crippen LogP contribution in [0.1, 0.15) is 11.1 Å². The van der Waals surface area contributed by atoms with Crippen LogP contribution in [0.4, 0.5) is 5.69 Å². The van der Waals surface area contributed by atoms with Gasteiger partial charge < -0.3 is 9.47 Å². The van der Waals surface area contributed by atoms with Crippen LogP contribution < -0.4 is 19.7 Å². The summed E-state index contributed by atoms with van der Waals surface area (Å²) < 4.78 is 10.5. The lowest BCUT2D eigenvalue weighted by Crippen LogP contribution is -2.54. The van der Waals surface area contributed by atoms with Gasteiger partial charge in [-0.2, -0.15) is 0 Å². The van der Waals surface area contributed by atoms with Crippen LogP contribution in [0.2, 0.25) is 0 Å². The molecule has 2 amide bonds. The molecule has 1 N–H and O–H groups in total. The van der Waals surface area contributed by atoms with Gasteiger partial charge >= 0.3 is 0 Å². The molecular weight excluding hydrogens is 364 g/mol. The smallest absolute Gasteiger partial charge is 0.270 e. The SMILES string of the molecule is COc1ccc(/C=C2\C(=O)NC(=S)N(c3ccc(C)cc3)C2=O)cc1OC. The summed E-state index contributed by atoms with van der Waals surface area (Å²) in [6.07, 6.45) is 1.50. The molecule has 3 rings (SSSR count). The van der Waals surface area contributed by atoms with E-state index < -0.39 is 11.8 Å². The van der Waals surface area contributed by atoms with Crippen LogP contribution in [0.5, 0.6) is 11.5 Å². The van der Waals surface area contributed by atoms with Gasteiger partial charge in [-0.3, -0.25) is 19.8 Å². The molecule has 27 heavy (non-hydrogen) atoms. The van der Waals surface area contributed by atoms with E-state index in [4.69, 9.17) is 21.7 Å². The van der Waals surface area contributed by atoms with Crippen LogP contribution in [0.15, 0.2) is 48.0 Å². The molecule has 1 fully saturated rings. The monoisotopic (exact) mass is 382 g/mol. The van der Waals surface area contributed by atoms with Crippen molar-refractivity contribution < 1.29 is 19.1 Å². The third-order valence-electron chi connectivity index (χ3n) is 4.11. The van der Waals surface area contributed by atoms with Crippen LogP contribution >= 0.6 is 12.2 Å². The number of benzene rings is 2. The van der Waals surface area contributed by atoms with Gasteiger partial charge in [0, 0.05) is 0 Å². The highest BCUT2D eigenvalue weighted by molar-refractivity contribution is 7.80. The highest BCUT2D eigenvalue weighted by Gasteiger charge is 2.34. The number of thiocarbonyl (C=S) groups is 1. The van der Waals surface area contributed by atoms with Gasteiger partial charge in [0.1, 0.15) is 5.57 Å². The van der Waals surface area contributed by atoms with Crippen molar-refractivity contribution in [3.05, 3.63) is 59.2 Å². The zero-order valence-electron chi connectivity index (χ0n) is 15.1. The minimum Gasteiger partial charge on any atom is -0.493 e. The Hall–Kier alpha value is -3.19. The second-order valence-corrected chi connectivity index (χ2v) is 6.29. The molecule has 0 unspecified atom stereocenters. The summed E-state index contributed by atoms with van der Waals surface area (Å²) in [7, 11) is 3.05. The number of nitrogens with one attached hydrogen (secondary N) is 1. The van der Waals surface area contributed by atoms with Gasteiger partial charge in [0.2, 0.25) is 0 Å². The quantitative estimate of drug-likeness (QED) is 0.500. The molecule has 7 heteroatoms. The molecule has 6 nitrogen and oxygen atoms in total. The Morgan fingerprint density at radius 2 is 1.67 bits per heavy atom. The summed E-state index contributed by atoms with van der Waals surface area (Å²) >= 11 is 5.20. The standard InChI is InChI=1S/C20H18N2O4S/c1-12-4-7-14(8-5-12)22-19(24)15(18(23)21-20(22)27)10-13-6-9-16(25-2)17(11-13)26-3/h4-11H,1-3H3,(H,21,23,27)/b15-10+. The van der Waals surface area contributed by atoms with Crippen LogP contribution in [0.3, 0.4) is 0 Å². The molecule has 0 radical (unpaired) electrons. The Morgan fingerprint density at radius 3 is 2.30 bits per heavy atom. The van der Waals surface area contributed by atoms with Gasteiger partial charge in [-0.25, -0.2) is 0 Å². The number of rotatable bonds is 4. The van der Waals surface area contributed by atoms with Crippen molar-refractivity contribution in [2.24, 2.45) is 0 Å². The number of aryl methyl sites for hydroxylation is 1. The molecule has 2 aromatic carbocycles. The zero-order valence-corrected chi connectivity index (χ0v) is 15.9. The number of nitrogens with zero attached hydrogens (tertiary/aromatic N) is 1. The second-order valence-electron chi connectivity index (χ2n) is 5.91. The minimum absolute atomic E-state index is 0.0172. The maximum absolute atomic E-state index is 13.0. The van der Waals surface area contributed by atoms with E-state index in [-0.39, 0.29) is 10.7 Å². The number of methoxy groups -OCH3 is 2. The molecule has 0 bridgehead atoms. The number of carbonyl (C=O) groups is 2. The molecule has 0 atom stereocenters. The van der Waals surface area contributed by atoms with Crippen molar-refractivity contribution >= 4 is 40.9 Å². The number of carbonyl (C=O) groups excluding carboxylic acids is 2. The largest absolute Gasteiger partial charge is 0.493 e. The summed E-state index contributed by atoms with van der Waals surface area (Å²) in [4.78, 5) is 26.6. The Kier molecular flexibility index (Phi) is 5.23. The average molecular weight is 382 g/mol. The van der Waals surface area contributed by atoms with Gasteiger partial charge in [0.25, 0.3) is 11.8 Å². The van der Waals surface area contributed by atoms with E-state index in [1.807, 2.05) is 19.1 Å². The van der Waals surface area contributed by atoms with E-state index in [0.29, 0.717) is 22.7 Å². The third-order valence-corrected chi connectivity index (χ3v) is 4.40. The summed E-state index contributed by atoms with van der Waals surface area (Å²) in [5.74, 6) is 0.0356. The first kappa shape index (κ1) is 18.6. The predicted molar refractivity (Wildman–Crippen MR) is 107 cm³/mol. The molecular formula is C20H18N2O4S. The van der Waals surface area contributed by atoms with Gasteiger partial charge in [-0.05, 0) is 55.0 Å². The Bertz CT molecular complexity index is 951. The van der Waals surface area contributed by atoms with Crippen LogP contribution in [0.25, 0.3) is 6.08 Å². The minimum atomic E-state index is -0.539. The summed E-state index contributed by atoms with van der Waals surface area (Å²) in [6.45, 7) is 1.95. The Balaban J connectivity index is 2.00. The second kappa shape index (κ2) is 7.59. The first-order chi connectivity index (χ1) is 12.9. The van der Waals surface area contributed by atoms with E-state index in [2.05, 4.69) is 5.32 Å². The van der Waals surface area contributed by atoms with Crippen molar-refractivity contribution in [1.29, 1.82) is 0 Å². The molecule has 2 aromatic rings. The lowest BCUT2D eigenvalue weighted by atomic mass is 10.1. The molecule has 0 aliphatic carbocycles. The highest BCUT2D eigenvalue weighted by atomic mass is 32.1. The van der Waals surface area contributed by atoms with Crippen molar-refractivity contribution in [2.75, 3.05) is 19.1 Å². The van der Waals surface area contributed by atoms with Crippen molar-refractivity contribution in [1.82, 2.24) is 5.32 Å². The van der Waals surface area contributed by atoms with Gasteiger partial charge in [-0.1, -0.05) is 23.8 Å². The summed E-state index contributed by atoms with van der Waals surface area (Å²) in [6, 6.07) is 12.4. The van der Waals surface area contributed by atoms with Crippen molar-refractivity contribution in [3.63, 3.8) is 0 Å². The maximum Gasteiger partial charge on any atom is 0.270 e. The van der Waals surface area contributed by atoms with Gasteiger partial charge in [0.05, 0.1) is 19.9 Å². The molecule has 1 aliphatic rings. The molecule has 0 spiro atoms. The summed E-state index contributed by atoms with van der Waals surface area (Å²) in [5, 5.41) is 2.62. The molecule has 1 aliphatic heterocycles. The van der Waals surface area contributed by atoms with Crippen LogP contribution in [-0.4, -0.2) is 31.1 Å². The van der Waals surface area contributed by atoms with E-state index in [1.54, 1.807) is 30.3 Å². The van der Waals surface area contributed by atoms with E-state index >= 15 is 0 Å². The predicted octanol–water partition coefficient (Wildman–Crippen LogP) is 2.84. The highest BCUT2D eigenvalue weighted by Crippen LogP contribution is 2.29. The van der Waals surface area contributed by atoms with Crippen LogP contribution in [0, 0.1) is 6.92 Å². The van der Waals surface area contributed by atoms with Crippen LogP contribution in [-0.2, 0) is 9.59 Å². The fourth-order valence-electron chi connectivity index (χ4n) is 2.70. The van der Waals surface area contributed by atoms with E-state index in [1.165, 1.54) is 25.2 Å². The lowest BCUT2D eigenvalue weighted by molar-refractivity contribution is -0.122.